The van der Waals surface area contributed by atoms with Crippen LogP contribution in [0.1, 0.15) is 16.5 Å². The summed E-state index contributed by atoms with van der Waals surface area (Å²) in [6.07, 6.45) is 4.92. The molecule has 0 aliphatic heterocycles. The fourth-order valence-corrected chi connectivity index (χ4v) is 1.88. The SMILES string of the molecule is [CH]OC(c1cccnc1)c1cncs1. The molecule has 1 atom stereocenters. The first kappa shape index (κ1) is 9.30. The van der Waals surface area contributed by atoms with Gasteiger partial charge in [0.2, 0.25) is 0 Å². The van der Waals surface area contributed by atoms with Gasteiger partial charge in [-0.05, 0) is 6.07 Å². The van der Waals surface area contributed by atoms with Gasteiger partial charge < -0.3 is 4.74 Å². The van der Waals surface area contributed by atoms with Gasteiger partial charge in [0.05, 0.1) is 10.4 Å². The molecule has 4 heteroatoms. The summed E-state index contributed by atoms with van der Waals surface area (Å²) in [5.41, 5.74) is 2.68. The zero-order chi connectivity index (χ0) is 9.80. The molecule has 0 amide bonds. The Hall–Kier alpha value is -1.26. The molecule has 0 aliphatic carbocycles. The molecule has 0 aromatic carbocycles. The lowest BCUT2D eigenvalue weighted by Crippen LogP contribution is -2.00. The average Bonchev–Trinajstić information content (AvgIpc) is 2.74. The Morgan fingerprint density at radius 1 is 1.36 bits per heavy atom. The van der Waals surface area contributed by atoms with Crippen LogP contribution in [0.4, 0.5) is 0 Å². The third-order valence-corrected chi connectivity index (χ3v) is 2.65. The largest absolute Gasteiger partial charge is 0.359 e. The Balaban J connectivity index is 2.31. The highest BCUT2D eigenvalue weighted by molar-refractivity contribution is 7.09. The second-order valence-electron chi connectivity index (χ2n) is 2.71. The molecule has 0 aliphatic rings. The molecule has 0 saturated heterocycles. The van der Waals surface area contributed by atoms with Crippen molar-refractivity contribution in [3.63, 3.8) is 0 Å². The van der Waals surface area contributed by atoms with Crippen LogP contribution >= 0.6 is 11.3 Å². The van der Waals surface area contributed by atoms with Crippen molar-refractivity contribution in [1.29, 1.82) is 0 Å². The quantitative estimate of drug-likeness (QED) is 0.769. The van der Waals surface area contributed by atoms with E-state index in [4.69, 9.17) is 11.8 Å². The van der Waals surface area contributed by atoms with Crippen LogP contribution in [-0.4, -0.2) is 9.97 Å². The number of hydrogen-bond donors (Lipinski definition) is 0. The molecule has 14 heavy (non-hydrogen) atoms. The molecule has 0 N–H and O–H groups in total. The second kappa shape index (κ2) is 4.30. The van der Waals surface area contributed by atoms with Gasteiger partial charge in [-0.1, -0.05) is 6.07 Å². The van der Waals surface area contributed by atoms with E-state index in [0.717, 1.165) is 10.4 Å². The molecule has 2 radical (unpaired) electrons. The van der Waals surface area contributed by atoms with Gasteiger partial charge in [0.25, 0.3) is 0 Å². The lowest BCUT2D eigenvalue weighted by Gasteiger charge is -2.11. The van der Waals surface area contributed by atoms with Crippen molar-refractivity contribution in [2.75, 3.05) is 0 Å². The molecule has 2 aromatic rings. The van der Waals surface area contributed by atoms with E-state index in [0.29, 0.717) is 0 Å². The number of pyridine rings is 1. The number of rotatable bonds is 3. The monoisotopic (exact) mass is 204 g/mol. The minimum atomic E-state index is -0.267. The number of hydrogen-bond acceptors (Lipinski definition) is 4. The Morgan fingerprint density at radius 3 is 2.86 bits per heavy atom. The minimum Gasteiger partial charge on any atom is -0.359 e. The van der Waals surface area contributed by atoms with Crippen LogP contribution in [0.2, 0.25) is 0 Å². The zero-order valence-corrected chi connectivity index (χ0v) is 8.15. The highest BCUT2D eigenvalue weighted by atomic mass is 32.1. The molecule has 0 saturated carbocycles. The fourth-order valence-electron chi connectivity index (χ4n) is 1.20. The van der Waals surface area contributed by atoms with Gasteiger partial charge in [0.1, 0.15) is 13.2 Å². The van der Waals surface area contributed by atoms with Crippen molar-refractivity contribution in [1.82, 2.24) is 9.97 Å². The Bertz CT molecular complexity index is 374. The maximum absolute atomic E-state index is 5.25. The first-order valence-corrected chi connectivity index (χ1v) is 4.93. The molecule has 2 aromatic heterocycles. The summed E-state index contributed by atoms with van der Waals surface area (Å²) in [6.45, 7) is 0. The number of aromatic nitrogens is 2. The molecular formula is C10H8N2OS. The van der Waals surface area contributed by atoms with E-state index in [9.17, 15) is 0 Å². The van der Waals surface area contributed by atoms with Crippen molar-refractivity contribution < 1.29 is 4.74 Å². The molecule has 0 spiro atoms. The van der Waals surface area contributed by atoms with E-state index in [1.165, 1.54) is 11.3 Å². The van der Waals surface area contributed by atoms with Crippen molar-refractivity contribution in [2.24, 2.45) is 0 Å². The maximum atomic E-state index is 5.25. The van der Waals surface area contributed by atoms with E-state index < -0.39 is 0 Å². The Labute approximate surface area is 86.4 Å². The smallest absolute Gasteiger partial charge is 0.120 e. The van der Waals surface area contributed by atoms with Crippen LogP contribution in [0.25, 0.3) is 0 Å². The topological polar surface area (TPSA) is 35.0 Å². The standard InChI is InChI=1S/C10H8N2OS/c1-13-10(9-6-12-7-14-9)8-3-2-4-11-5-8/h1-7,10H. The third kappa shape index (κ3) is 1.81. The van der Waals surface area contributed by atoms with Crippen LogP contribution in [0.5, 0.6) is 0 Å². The highest BCUT2D eigenvalue weighted by Gasteiger charge is 2.14. The number of ether oxygens (including phenoxy) is 1. The number of nitrogens with zero attached hydrogens (tertiary/aromatic N) is 2. The third-order valence-electron chi connectivity index (χ3n) is 1.83. The van der Waals surface area contributed by atoms with E-state index >= 15 is 0 Å². The summed E-state index contributed by atoms with van der Waals surface area (Å²) < 4.78 is 4.91. The summed E-state index contributed by atoms with van der Waals surface area (Å²) >= 11 is 1.51. The van der Waals surface area contributed by atoms with Crippen LogP contribution < -0.4 is 0 Å². The van der Waals surface area contributed by atoms with Crippen molar-refractivity contribution in [3.8, 4) is 0 Å². The number of thiazole rings is 1. The summed E-state index contributed by atoms with van der Waals surface area (Å²) in [6, 6.07) is 3.77. The summed E-state index contributed by atoms with van der Waals surface area (Å²) in [4.78, 5) is 8.96. The maximum Gasteiger partial charge on any atom is 0.120 e. The molecule has 0 bridgehead atoms. The summed E-state index contributed by atoms with van der Waals surface area (Å²) in [5.74, 6) is 0. The highest BCUT2D eigenvalue weighted by Crippen LogP contribution is 2.27. The molecule has 70 valence electrons. The van der Waals surface area contributed by atoms with Crippen molar-refractivity contribution >= 4 is 11.3 Å². The lowest BCUT2D eigenvalue weighted by atomic mass is 10.1. The van der Waals surface area contributed by atoms with E-state index in [-0.39, 0.29) is 6.10 Å². The predicted octanol–water partition coefficient (Wildman–Crippen LogP) is 2.31. The van der Waals surface area contributed by atoms with Gasteiger partial charge in [0.15, 0.2) is 0 Å². The minimum absolute atomic E-state index is 0.267. The molecule has 2 heterocycles. The van der Waals surface area contributed by atoms with E-state index in [2.05, 4.69) is 9.97 Å². The van der Waals surface area contributed by atoms with Gasteiger partial charge >= 0.3 is 0 Å². The molecule has 1 unspecified atom stereocenters. The average molecular weight is 204 g/mol. The van der Waals surface area contributed by atoms with Crippen LogP contribution in [-0.2, 0) is 4.74 Å². The van der Waals surface area contributed by atoms with E-state index in [1.54, 1.807) is 24.1 Å². The molecule has 0 fully saturated rings. The lowest BCUT2D eigenvalue weighted by molar-refractivity contribution is 0.178. The van der Waals surface area contributed by atoms with Crippen molar-refractivity contribution in [3.05, 3.63) is 53.8 Å². The van der Waals surface area contributed by atoms with Crippen LogP contribution in [0, 0.1) is 7.11 Å². The fraction of sp³-hybridized carbons (Fsp3) is 0.100. The summed E-state index contributed by atoms with van der Waals surface area (Å²) in [5, 5.41) is 0. The van der Waals surface area contributed by atoms with Gasteiger partial charge in [-0.15, -0.1) is 11.3 Å². The van der Waals surface area contributed by atoms with E-state index in [1.807, 2.05) is 12.1 Å². The van der Waals surface area contributed by atoms with Gasteiger partial charge in [-0.2, -0.15) is 0 Å². The molecule has 2 rings (SSSR count). The normalized spacial score (nSPS) is 12.6. The summed E-state index contributed by atoms with van der Waals surface area (Å²) in [7, 11) is 5.25. The molecular weight excluding hydrogens is 196 g/mol. The zero-order valence-electron chi connectivity index (χ0n) is 7.33. The molecule has 3 nitrogen and oxygen atoms in total. The van der Waals surface area contributed by atoms with Crippen LogP contribution in [0.3, 0.4) is 0 Å². The van der Waals surface area contributed by atoms with Gasteiger partial charge in [-0.25, -0.2) is 0 Å². The van der Waals surface area contributed by atoms with Crippen molar-refractivity contribution in [2.45, 2.75) is 6.10 Å². The van der Waals surface area contributed by atoms with Gasteiger partial charge in [-0.3, -0.25) is 9.97 Å². The van der Waals surface area contributed by atoms with Crippen LogP contribution in [0.15, 0.2) is 36.2 Å². The second-order valence-corrected chi connectivity index (χ2v) is 3.62. The van der Waals surface area contributed by atoms with Gasteiger partial charge in [0, 0.05) is 24.2 Å². The first-order chi connectivity index (χ1) is 6.92. The Kier molecular flexibility index (Phi) is 2.86. The first-order valence-electron chi connectivity index (χ1n) is 4.05. The Morgan fingerprint density at radius 2 is 2.29 bits per heavy atom. The predicted molar refractivity (Wildman–Crippen MR) is 53.6 cm³/mol.